The van der Waals surface area contributed by atoms with E-state index >= 15 is 0 Å². The first-order valence-corrected chi connectivity index (χ1v) is 10.8. The molecule has 5 nitrogen and oxygen atoms in total. The molecule has 0 saturated heterocycles. The number of fused-ring (bicyclic) bond motifs is 1. The van der Waals surface area contributed by atoms with Crippen molar-refractivity contribution in [2.24, 2.45) is 0 Å². The van der Waals surface area contributed by atoms with E-state index in [1.54, 1.807) is 6.07 Å². The van der Waals surface area contributed by atoms with Gasteiger partial charge in [0.05, 0.1) is 4.88 Å². The molecule has 1 unspecified atom stereocenters. The van der Waals surface area contributed by atoms with E-state index in [0.717, 1.165) is 19.5 Å². The molecule has 2 aromatic rings. The average molecular weight is 392 g/mol. The van der Waals surface area contributed by atoms with Gasteiger partial charge in [0.25, 0.3) is 5.91 Å². The number of carbonyl (C=O) groups is 2. The highest BCUT2D eigenvalue weighted by molar-refractivity contribution is 7.12. The molecule has 3 rings (SSSR count). The van der Waals surface area contributed by atoms with Crippen LogP contribution >= 0.6 is 22.7 Å². The molecule has 2 amide bonds. The maximum atomic E-state index is 12.0. The topological polar surface area (TPSA) is 61.4 Å². The molecular weight excluding hydrogens is 366 g/mol. The van der Waals surface area contributed by atoms with Crippen LogP contribution in [-0.2, 0) is 17.8 Å². The van der Waals surface area contributed by atoms with Crippen LogP contribution in [0.2, 0.25) is 0 Å². The predicted octanol–water partition coefficient (Wildman–Crippen LogP) is 2.88. The summed E-state index contributed by atoms with van der Waals surface area (Å²) in [6.45, 7) is 5.38. The van der Waals surface area contributed by atoms with Crippen LogP contribution in [-0.4, -0.2) is 42.4 Å². The van der Waals surface area contributed by atoms with Gasteiger partial charge in [0, 0.05) is 43.5 Å². The lowest BCUT2D eigenvalue weighted by molar-refractivity contribution is -0.121. The van der Waals surface area contributed by atoms with E-state index in [9.17, 15) is 9.59 Å². The maximum Gasteiger partial charge on any atom is 0.261 e. The zero-order chi connectivity index (χ0) is 18.4. The Kier molecular flexibility index (Phi) is 6.82. The highest BCUT2D eigenvalue weighted by Crippen LogP contribution is 2.24. The first-order chi connectivity index (χ1) is 12.6. The van der Waals surface area contributed by atoms with Crippen LogP contribution in [0.3, 0.4) is 0 Å². The molecule has 26 heavy (non-hydrogen) atoms. The molecule has 2 aromatic heterocycles. The number of hydrogen-bond acceptors (Lipinski definition) is 5. The largest absolute Gasteiger partial charge is 0.355 e. The Morgan fingerprint density at radius 2 is 2.12 bits per heavy atom. The highest BCUT2D eigenvalue weighted by atomic mass is 32.1. The van der Waals surface area contributed by atoms with E-state index in [2.05, 4.69) is 33.9 Å². The van der Waals surface area contributed by atoms with Gasteiger partial charge in [0.2, 0.25) is 5.91 Å². The molecular formula is C19H25N3O2S2. The summed E-state index contributed by atoms with van der Waals surface area (Å²) in [5.41, 5.74) is 1.43. The number of rotatable bonds is 8. The van der Waals surface area contributed by atoms with Gasteiger partial charge in [0.1, 0.15) is 0 Å². The number of nitrogens with zero attached hydrogens (tertiary/aromatic N) is 1. The average Bonchev–Trinajstić information content (AvgIpc) is 3.33. The zero-order valence-electron chi connectivity index (χ0n) is 15.0. The molecule has 0 fully saturated rings. The van der Waals surface area contributed by atoms with Crippen molar-refractivity contribution < 1.29 is 9.59 Å². The Hall–Kier alpha value is -1.70. The smallest absolute Gasteiger partial charge is 0.261 e. The second-order valence-corrected chi connectivity index (χ2v) is 8.53. The number of carbonyl (C=O) groups excluding carboxylic acids is 2. The van der Waals surface area contributed by atoms with Crippen LogP contribution in [0, 0.1) is 0 Å². The van der Waals surface area contributed by atoms with Gasteiger partial charge in [-0.1, -0.05) is 6.07 Å². The summed E-state index contributed by atoms with van der Waals surface area (Å²) in [7, 11) is 0. The van der Waals surface area contributed by atoms with Crippen LogP contribution in [0.1, 0.15) is 39.9 Å². The Labute approximate surface area is 162 Å². The third-order valence-corrected chi connectivity index (χ3v) is 6.56. The molecule has 0 radical (unpaired) electrons. The summed E-state index contributed by atoms with van der Waals surface area (Å²) < 4.78 is 0. The molecule has 2 N–H and O–H groups in total. The number of thiophene rings is 2. The van der Waals surface area contributed by atoms with Crippen molar-refractivity contribution in [2.45, 2.75) is 38.8 Å². The van der Waals surface area contributed by atoms with Crippen molar-refractivity contribution in [3.8, 4) is 0 Å². The summed E-state index contributed by atoms with van der Waals surface area (Å²) in [4.78, 5) is 28.5. The van der Waals surface area contributed by atoms with E-state index in [1.807, 2.05) is 22.8 Å². The molecule has 1 aliphatic rings. The van der Waals surface area contributed by atoms with E-state index < -0.39 is 0 Å². The van der Waals surface area contributed by atoms with Crippen molar-refractivity contribution in [2.75, 3.05) is 19.6 Å². The Morgan fingerprint density at radius 3 is 2.92 bits per heavy atom. The molecule has 1 atom stereocenters. The molecule has 7 heteroatoms. The molecule has 1 aliphatic heterocycles. The second kappa shape index (κ2) is 9.30. The van der Waals surface area contributed by atoms with E-state index in [-0.39, 0.29) is 11.8 Å². The molecule has 0 saturated carbocycles. The molecule has 0 spiro atoms. The molecule has 0 aromatic carbocycles. The third kappa shape index (κ3) is 5.16. The fourth-order valence-electron chi connectivity index (χ4n) is 3.07. The minimum Gasteiger partial charge on any atom is -0.355 e. The first kappa shape index (κ1) is 19.1. The second-order valence-electron chi connectivity index (χ2n) is 6.58. The lowest BCUT2D eigenvalue weighted by Gasteiger charge is -2.32. The molecule has 140 valence electrons. The lowest BCUT2D eigenvalue weighted by atomic mass is 10.1. The van der Waals surface area contributed by atoms with Gasteiger partial charge in [-0.25, -0.2) is 0 Å². The standard InChI is InChI=1S/C19H25N3O2S2/c1-14(22-9-6-16-15(13-22)7-11-26-16)12-21-18(23)5-2-8-20-19(24)17-4-3-10-25-17/h3-4,7,10-11,14H,2,5-6,8-9,12-13H2,1H3,(H,20,24)(H,21,23). The first-order valence-electron chi connectivity index (χ1n) is 9.01. The maximum absolute atomic E-state index is 12.0. The Morgan fingerprint density at radius 1 is 1.23 bits per heavy atom. The van der Waals surface area contributed by atoms with E-state index in [4.69, 9.17) is 0 Å². The van der Waals surface area contributed by atoms with Gasteiger partial charge < -0.3 is 10.6 Å². The Bertz CT molecular complexity index is 727. The van der Waals surface area contributed by atoms with E-state index in [1.165, 1.54) is 21.8 Å². The van der Waals surface area contributed by atoms with Crippen molar-refractivity contribution in [3.63, 3.8) is 0 Å². The Balaban J connectivity index is 1.30. The quantitative estimate of drug-likeness (QED) is 0.680. The zero-order valence-corrected chi connectivity index (χ0v) is 16.6. The van der Waals surface area contributed by atoms with Crippen LogP contribution < -0.4 is 10.6 Å². The fraction of sp³-hybridized carbons (Fsp3) is 0.474. The minimum absolute atomic E-state index is 0.0513. The number of nitrogens with one attached hydrogen (secondary N) is 2. The summed E-state index contributed by atoms with van der Waals surface area (Å²) in [6, 6.07) is 6.19. The molecule has 0 bridgehead atoms. The SMILES string of the molecule is CC(CNC(=O)CCCNC(=O)c1cccs1)N1CCc2sccc2C1. The van der Waals surface area contributed by atoms with Crippen molar-refractivity contribution in [1.29, 1.82) is 0 Å². The normalized spacial score (nSPS) is 15.3. The monoisotopic (exact) mass is 391 g/mol. The van der Waals surface area contributed by atoms with Crippen molar-refractivity contribution >= 4 is 34.5 Å². The van der Waals surface area contributed by atoms with Crippen molar-refractivity contribution in [3.05, 3.63) is 44.3 Å². The fourth-order valence-corrected chi connectivity index (χ4v) is 4.60. The highest BCUT2D eigenvalue weighted by Gasteiger charge is 2.21. The van der Waals surface area contributed by atoms with Gasteiger partial charge >= 0.3 is 0 Å². The van der Waals surface area contributed by atoms with Crippen LogP contribution in [0.25, 0.3) is 0 Å². The number of hydrogen-bond donors (Lipinski definition) is 2. The summed E-state index contributed by atoms with van der Waals surface area (Å²) in [5.74, 6) is -0.0117. The van der Waals surface area contributed by atoms with Crippen LogP contribution in [0.4, 0.5) is 0 Å². The van der Waals surface area contributed by atoms with Gasteiger partial charge in [0.15, 0.2) is 0 Å². The summed E-state index contributed by atoms with van der Waals surface area (Å²) >= 11 is 3.27. The van der Waals surface area contributed by atoms with Gasteiger partial charge in [-0.2, -0.15) is 0 Å². The summed E-state index contributed by atoms with van der Waals surface area (Å²) in [5, 5.41) is 9.92. The van der Waals surface area contributed by atoms with E-state index in [0.29, 0.717) is 36.9 Å². The molecule has 3 heterocycles. The predicted molar refractivity (Wildman–Crippen MR) is 107 cm³/mol. The van der Waals surface area contributed by atoms with Gasteiger partial charge in [-0.15, -0.1) is 22.7 Å². The van der Waals surface area contributed by atoms with Gasteiger partial charge in [-0.05, 0) is 48.2 Å². The minimum atomic E-state index is -0.0630. The van der Waals surface area contributed by atoms with Crippen molar-refractivity contribution in [1.82, 2.24) is 15.5 Å². The van der Waals surface area contributed by atoms with Crippen LogP contribution in [0.5, 0.6) is 0 Å². The van der Waals surface area contributed by atoms with Crippen LogP contribution in [0.15, 0.2) is 29.0 Å². The number of amides is 2. The summed E-state index contributed by atoms with van der Waals surface area (Å²) in [6.07, 6.45) is 2.20. The third-order valence-electron chi connectivity index (χ3n) is 4.67. The molecule has 0 aliphatic carbocycles. The van der Waals surface area contributed by atoms with Gasteiger partial charge in [-0.3, -0.25) is 14.5 Å². The lowest BCUT2D eigenvalue weighted by Crippen LogP contribution is -2.44.